The summed E-state index contributed by atoms with van der Waals surface area (Å²) in [5, 5.41) is 5.22. The first-order valence-corrected chi connectivity index (χ1v) is 14.6. The molecule has 3 heterocycles. The van der Waals surface area contributed by atoms with Gasteiger partial charge in [0.1, 0.15) is 5.65 Å². The van der Waals surface area contributed by atoms with E-state index in [1.54, 1.807) is 34.6 Å². The van der Waals surface area contributed by atoms with E-state index in [1.165, 1.54) is 0 Å². The number of halogens is 2. The molecular formula is C30H33BrClN7O2. The van der Waals surface area contributed by atoms with Crippen molar-refractivity contribution in [2.45, 2.75) is 53.1 Å². The van der Waals surface area contributed by atoms with Gasteiger partial charge >= 0.3 is 0 Å². The number of carbonyl (C=O) groups excluding carboxylic acids is 1. The van der Waals surface area contributed by atoms with Crippen molar-refractivity contribution >= 4 is 44.8 Å². The highest BCUT2D eigenvalue weighted by molar-refractivity contribution is 9.10. The Kier molecular flexibility index (Phi) is 8.00. The van der Waals surface area contributed by atoms with Crippen molar-refractivity contribution in [2.75, 3.05) is 0 Å². The Labute approximate surface area is 251 Å². The van der Waals surface area contributed by atoms with Gasteiger partial charge in [-0.3, -0.25) is 20.0 Å². The van der Waals surface area contributed by atoms with Crippen LogP contribution in [0, 0.1) is 5.92 Å². The maximum absolute atomic E-state index is 14.3. The normalized spacial score (nSPS) is 15.7. The molecule has 2 aromatic carbocycles. The summed E-state index contributed by atoms with van der Waals surface area (Å²) in [6, 6.07) is 12.5. The molecule has 1 atom stereocenters. The Balaban J connectivity index is 1.66. The second kappa shape index (κ2) is 11.3. The summed E-state index contributed by atoms with van der Waals surface area (Å²) in [6.45, 7) is 8.25. The van der Waals surface area contributed by atoms with E-state index in [2.05, 4.69) is 35.2 Å². The highest BCUT2D eigenvalue weighted by Crippen LogP contribution is 2.29. The van der Waals surface area contributed by atoms with E-state index in [-0.39, 0.29) is 24.1 Å². The molecule has 0 bridgehead atoms. The van der Waals surface area contributed by atoms with Crippen LogP contribution in [0.3, 0.4) is 0 Å². The molecule has 0 spiro atoms. The van der Waals surface area contributed by atoms with Gasteiger partial charge in [-0.25, -0.2) is 4.52 Å². The van der Waals surface area contributed by atoms with Gasteiger partial charge in [0.2, 0.25) is 0 Å². The third-order valence-electron chi connectivity index (χ3n) is 7.45. The number of nitrogens with one attached hydrogen (secondary N) is 1. The number of fused-ring (bicyclic) bond motifs is 3. The minimum Gasteiger partial charge on any atom is -0.401 e. The third-order valence-corrected chi connectivity index (χ3v) is 8.69. The molecule has 1 aliphatic rings. The molecule has 1 amide bonds. The van der Waals surface area contributed by atoms with Crippen molar-refractivity contribution in [3.8, 4) is 5.69 Å². The van der Waals surface area contributed by atoms with Crippen molar-refractivity contribution < 1.29 is 4.79 Å². The van der Waals surface area contributed by atoms with E-state index in [0.717, 1.165) is 27.7 Å². The molecule has 1 aliphatic heterocycles. The van der Waals surface area contributed by atoms with Crippen LogP contribution in [0.15, 0.2) is 63.6 Å². The molecule has 2 aromatic heterocycles. The van der Waals surface area contributed by atoms with E-state index in [0.29, 0.717) is 51.2 Å². The van der Waals surface area contributed by atoms with Crippen molar-refractivity contribution in [1.29, 1.82) is 0 Å². The number of nitrogens with two attached hydrogens (primary N) is 2. The van der Waals surface area contributed by atoms with Gasteiger partial charge in [0.05, 0.1) is 34.8 Å². The van der Waals surface area contributed by atoms with Crippen LogP contribution >= 0.6 is 27.5 Å². The Hall–Kier alpha value is -3.60. The van der Waals surface area contributed by atoms with Crippen LogP contribution in [-0.4, -0.2) is 31.0 Å². The second-order valence-corrected chi connectivity index (χ2v) is 12.2. The largest absolute Gasteiger partial charge is 0.401 e. The second-order valence-electron chi connectivity index (χ2n) is 10.9. The zero-order valence-corrected chi connectivity index (χ0v) is 25.8. The van der Waals surface area contributed by atoms with E-state index in [1.807, 2.05) is 41.9 Å². The van der Waals surface area contributed by atoms with Crippen molar-refractivity contribution in [1.82, 2.24) is 24.5 Å². The number of allylic oxidation sites excluding steroid dienone is 1. The topological polar surface area (TPSA) is 124 Å². The summed E-state index contributed by atoms with van der Waals surface area (Å²) in [6.07, 6.45) is 2.97. The van der Waals surface area contributed by atoms with Gasteiger partial charge in [-0.15, -0.1) is 0 Å². The molecule has 5 rings (SSSR count). The van der Waals surface area contributed by atoms with Crippen LogP contribution in [0.25, 0.3) is 17.0 Å². The molecule has 0 fully saturated rings. The fourth-order valence-corrected chi connectivity index (χ4v) is 5.90. The summed E-state index contributed by atoms with van der Waals surface area (Å²) >= 11 is 9.68. The third kappa shape index (κ3) is 5.27. The van der Waals surface area contributed by atoms with Crippen LogP contribution in [-0.2, 0) is 19.4 Å². The molecule has 11 heteroatoms. The molecule has 1 unspecified atom stereocenters. The quantitative estimate of drug-likeness (QED) is 0.206. The van der Waals surface area contributed by atoms with Gasteiger partial charge in [0.15, 0.2) is 0 Å². The lowest BCUT2D eigenvalue weighted by Gasteiger charge is -2.35. The highest BCUT2D eigenvalue weighted by atomic mass is 79.9. The maximum atomic E-state index is 14.3. The Morgan fingerprint density at radius 3 is 2.49 bits per heavy atom. The summed E-state index contributed by atoms with van der Waals surface area (Å²) < 4.78 is 4.29. The number of benzene rings is 2. The van der Waals surface area contributed by atoms with Crippen molar-refractivity contribution in [3.05, 3.63) is 102 Å². The minimum atomic E-state index is -0.208. The number of amides is 1. The molecule has 5 N–H and O–H groups in total. The Morgan fingerprint density at radius 1 is 1.20 bits per heavy atom. The molecule has 0 radical (unpaired) electrons. The number of carbonyl (C=O) groups is 1. The van der Waals surface area contributed by atoms with Crippen LogP contribution in [0.5, 0.6) is 0 Å². The van der Waals surface area contributed by atoms with Gasteiger partial charge in [-0.2, -0.15) is 5.10 Å². The molecule has 41 heavy (non-hydrogen) atoms. The molecule has 0 saturated carbocycles. The minimum absolute atomic E-state index is 0.112. The average Bonchev–Trinajstić information content (AvgIpc) is 3.33. The standard InChI is InChI=1S/C30H33BrClN7O2/c1-16(2)11-21-14-35-39-26-15-37(29(40)20-7-10-24(31)25(32)13-20)17(3)12-23(26)30(41)38(28(21)39)22-8-5-19(6-9-22)27(36-34)18(4)33/h5-10,13-14,16-17,36H,11-12,15,33-34H2,1-4H3/b27-18-. The summed E-state index contributed by atoms with van der Waals surface area (Å²) in [7, 11) is 0. The van der Waals surface area contributed by atoms with E-state index >= 15 is 0 Å². The SMILES string of the molecule is C/C(N)=C(/NN)c1ccc(-n2c(=O)c3c(n4ncc(CC(C)C)c24)CN(C(=O)c2ccc(Br)c(Cl)c2)C(C)C3)cc1. The maximum Gasteiger partial charge on any atom is 0.261 e. The Bertz CT molecular complexity index is 1740. The fraction of sp³-hybridized carbons (Fsp3) is 0.300. The average molecular weight is 639 g/mol. The molecule has 4 aromatic rings. The van der Waals surface area contributed by atoms with Crippen LogP contribution in [0.1, 0.15) is 60.4 Å². The van der Waals surface area contributed by atoms with Gasteiger partial charge in [0.25, 0.3) is 11.5 Å². The lowest BCUT2D eigenvalue weighted by Crippen LogP contribution is -2.46. The highest BCUT2D eigenvalue weighted by Gasteiger charge is 2.33. The first-order valence-electron chi connectivity index (χ1n) is 13.4. The summed E-state index contributed by atoms with van der Waals surface area (Å²) in [4.78, 5) is 29.7. The number of rotatable bonds is 6. The van der Waals surface area contributed by atoms with Gasteiger partial charge in [-0.05, 0) is 78.9 Å². The van der Waals surface area contributed by atoms with Gasteiger partial charge in [0, 0.05) is 38.5 Å². The van der Waals surface area contributed by atoms with E-state index in [4.69, 9.17) is 28.3 Å². The molecule has 214 valence electrons. The number of nitrogens with zero attached hydrogens (tertiary/aromatic N) is 4. The zero-order valence-electron chi connectivity index (χ0n) is 23.4. The predicted molar refractivity (Wildman–Crippen MR) is 166 cm³/mol. The fourth-order valence-electron chi connectivity index (χ4n) is 5.48. The van der Waals surface area contributed by atoms with Gasteiger partial charge < -0.3 is 16.1 Å². The lowest BCUT2D eigenvalue weighted by molar-refractivity contribution is 0.0651. The molecule has 9 nitrogen and oxygen atoms in total. The van der Waals surface area contributed by atoms with Crippen molar-refractivity contribution in [3.63, 3.8) is 0 Å². The Morgan fingerprint density at radius 2 is 1.88 bits per heavy atom. The number of hydrogen-bond donors (Lipinski definition) is 3. The van der Waals surface area contributed by atoms with Crippen LogP contribution < -0.4 is 22.6 Å². The lowest BCUT2D eigenvalue weighted by atomic mass is 9.98. The predicted octanol–water partition coefficient (Wildman–Crippen LogP) is 4.80. The number of hydrogen-bond acceptors (Lipinski definition) is 6. The van der Waals surface area contributed by atoms with Crippen LogP contribution in [0.4, 0.5) is 0 Å². The van der Waals surface area contributed by atoms with Crippen molar-refractivity contribution in [2.24, 2.45) is 17.5 Å². The van der Waals surface area contributed by atoms with Gasteiger partial charge in [-0.1, -0.05) is 37.6 Å². The number of hydrazine groups is 1. The summed E-state index contributed by atoms with van der Waals surface area (Å²) in [5.74, 6) is 5.89. The first kappa shape index (κ1) is 28.9. The monoisotopic (exact) mass is 637 g/mol. The molecular weight excluding hydrogens is 606 g/mol. The van der Waals surface area contributed by atoms with E-state index < -0.39 is 0 Å². The molecule has 0 saturated heterocycles. The van der Waals surface area contributed by atoms with Crippen LogP contribution in [0.2, 0.25) is 5.02 Å². The zero-order chi connectivity index (χ0) is 29.6. The molecule has 0 aliphatic carbocycles. The van der Waals surface area contributed by atoms with E-state index in [9.17, 15) is 9.59 Å². The smallest absolute Gasteiger partial charge is 0.261 e. The first-order chi connectivity index (χ1) is 19.5. The number of aromatic nitrogens is 3. The summed E-state index contributed by atoms with van der Waals surface area (Å²) in [5.41, 5.74) is 14.7.